The number of H-pyrrole nitrogens is 1. The smallest absolute Gasteiger partial charge is 0.260 e. The van der Waals surface area contributed by atoms with Crippen molar-refractivity contribution in [1.82, 2.24) is 15.2 Å². The van der Waals surface area contributed by atoms with E-state index in [2.05, 4.69) is 10.3 Å². The molecule has 1 fully saturated rings. The normalized spacial score (nSPS) is 27.0. The van der Waals surface area contributed by atoms with Crippen molar-refractivity contribution in [2.75, 3.05) is 26.2 Å². The van der Waals surface area contributed by atoms with Crippen molar-refractivity contribution in [1.29, 1.82) is 0 Å². The summed E-state index contributed by atoms with van der Waals surface area (Å²) >= 11 is 2.47. The second-order valence-electron chi connectivity index (χ2n) is 6.03. The Morgan fingerprint density at radius 3 is 2.56 bits per heavy atom. The summed E-state index contributed by atoms with van der Waals surface area (Å²) in [6.45, 7) is -0.431. The van der Waals surface area contributed by atoms with Crippen LogP contribution in [0.25, 0.3) is 10.9 Å². The molecule has 2 aromatic rings. The minimum absolute atomic E-state index is 0.215. The molecule has 1 aromatic heterocycles. The number of para-hydroxylation sites is 1. The molecule has 2 atom stereocenters. The monoisotopic (exact) mass is 379 g/mol. The van der Waals surface area contributed by atoms with Gasteiger partial charge in [0.1, 0.15) is 0 Å². The number of rotatable bonds is 5. The molecule has 2 amide bonds. The third kappa shape index (κ3) is 2.63. The number of aromatic amines is 1. The van der Waals surface area contributed by atoms with Gasteiger partial charge in [0.05, 0.1) is 6.61 Å². The van der Waals surface area contributed by atoms with Gasteiger partial charge in [-0.25, -0.2) is 0 Å². The number of hydrogen-bond donors (Lipinski definition) is 3. The number of hydrogen-bond acceptors (Lipinski definition) is 5. The Morgan fingerprint density at radius 2 is 1.92 bits per heavy atom. The quantitative estimate of drug-likeness (QED) is 0.731. The van der Waals surface area contributed by atoms with Crippen molar-refractivity contribution < 1.29 is 14.7 Å². The first-order valence-electron chi connectivity index (χ1n) is 7.81. The lowest BCUT2D eigenvalue weighted by Gasteiger charge is -2.49. The molecule has 2 heterocycles. The third-order valence-electron chi connectivity index (χ3n) is 4.88. The highest BCUT2D eigenvalue weighted by molar-refractivity contribution is 8.01. The van der Waals surface area contributed by atoms with Crippen LogP contribution < -0.4 is 5.32 Å². The molecule has 0 spiro atoms. The number of amides is 2. The molecule has 0 bridgehead atoms. The van der Waals surface area contributed by atoms with E-state index in [9.17, 15) is 14.7 Å². The van der Waals surface area contributed by atoms with E-state index < -0.39 is 16.3 Å². The summed E-state index contributed by atoms with van der Waals surface area (Å²) in [7, 11) is 1.58. The highest BCUT2D eigenvalue weighted by Gasteiger charge is 2.57. The van der Waals surface area contributed by atoms with Gasteiger partial charge in [0.15, 0.2) is 9.74 Å². The Kier molecular flexibility index (Phi) is 4.78. The SMILES string of the molecule is CS[C@@]1(CO)C(=O)N[C@](Cc2c[nH]c3ccccc23)(SC)C(=O)N1C. The molecular weight excluding hydrogens is 358 g/mol. The minimum Gasteiger partial charge on any atom is -0.392 e. The summed E-state index contributed by atoms with van der Waals surface area (Å²) in [6, 6.07) is 7.86. The van der Waals surface area contributed by atoms with E-state index in [1.807, 2.05) is 36.7 Å². The van der Waals surface area contributed by atoms with E-state index in [0.717, 1.165) is 28.2 Å². The fraction of sp³-hybridized carbons (Fsp3) is 0.412. The van der Waals surface area contributed by atoms with Gasteiger partial charge in [0.25, 0.3) is 11.8 Å². The van der Waals surface area contributed by atoms with Crippen LogP contribution in [0.4, 0.5) is 0 Å². The molecule has 1 aromatic carbocycles. The number of fused-ring (bicyclic) bond motifs is 1. The number of aliphatic hydroxyl groups is 1. The van der Waals surface area contributed by atoms with Gasteiger partial charge < -0.3 is 20.3 Å². The number of carbonyl (C=O) groups is 2. The molecule has 0 radical (unpaired) electrons. The van der Waals surface area contributed by atoms with Crippen molar-refractivity contribution in [3.63, 3.8) is 0 Å². The first-order chi connectivity index (χ1) is 11.9. The standard InChI is InChI=1S/C17H21N3O3S2/c1-20-15(23)16(24-2,19-14(22)17(20,10-21)25-3)8-11-9-18-13-7-5-4-6-12(11)13/h4-7,9,18,21H,8,10H2,1-3H3,(H,19,22)/t16-,17+/m1/s1. The summed E-state index contributed by atoms with van der Waals surface area (Å²) in [5.74, 6) is -0.563. The number of benzene rings is 1. The molecule has 3 rings (SSSR count). The van der Waals surface area contributed by atoms with Crippen LogP contribution >= 0.6 is 23.5 Å². The molecule has 3 N–H and O–H groups in total. The van der Waals surface area contributed by atoms with E-state index in [4.69, 9.17) is 0 Å². The number of aliphatic hydroxyl groups excluding tert-OH is 1. The van der Waals surface area contributed by atoms with Gasteiger partial charge >= 0.3 is 0 Å². The summed E-state index contributed by atoms with van der Waals surface area (Å²) in [4.78, 5) is 28.2. The van der Waals surface area contributed by atoms with Crippen LogP contribution in [0.1, 0.15) is 5.56 Å². The Bertz CT molecular complexity index is 818. The average Bonchev–Trinajstić information content (AvgIpc) is 3.03. The van der Waals surface area contributed by atoms with E-state index in [1.165, 1.54) is 16.7 Å². The highest BCUT2D eigenvalue weighted by atomic mass is 32.2. The lowest BCUT2D eigenvalue weighted by Crippen LogP contribution is -2.74. The Hall–Kier alpha value is -1.64. The van der Waals surface area contributed by atoms with Crippen LogP contribution in [0.5, 0.6) is 0 Å². The second-order valence-corrected chi connectivity index (χ2v) is 8.22. The van der Waals surface area contributed by atoms with Gasteiger partial charge in [-0.3, -0.25) is 9.59 Å². The average molecular weight is 380 g/mol. The Morgan fingerprint density at radius 1 is 1.20 bits per heavy atom. The van der Waals surface area contributed by atoms with Gasteiger partial charge in [0, 0.05) is 30.6 Å². The van der Waals surface area contributed by atoms with Crippen LogP contribution in [0.15, 0.2) is 30.5 Å². The number of thioether (sulfide) groups is 2. The van der Waals surface area contributed by atoms with Crippen LogP contribution in [-0.2, 0) is 16.0 Å². The van der Waals surface area contributed by atoms with Crippen molar-refractivity contribution >= 4 is 46.2 Å². The fourth-order valence-electron chi connectivity index (χ4n) is 3.27. The first-order valence-corrected chi connectivity index (χ1v) is 10.3. The molecular formula is C17H21N3O3S2. The van der Waals surface area contributed by atoms with Crippen molar-refractivity contribution in [2.24, 2.45) is 0 Å². The lowest BCUT2D eigenvalue weighted by molar-refractivity contribution is -0.152. The van der Waals surface area contributed by atoms with Crippen LogP contribution in [0.3, 0.4) is 0 Å². The topological polar surface area (TPSA) is 85.4 Å². The van der Waals surface area contributed by atoms with Gasteiger partial charge in [-0.1, -0.05) is 18.2 Å². The number of carbonyl (C=O) groups excluding carboxylic acids is 2. The zero-order valence-corrected chi connectivity index (χ0v) is 16.0. The lowest BCUT2D eigenvalue weighted by atomic mass is 9.99. The third-order valence-corrected chi connectivity index (χ3v) is 7.26. The van der Waals surface area contributed by atoms with Crippen LogP contribution in [0, 0.1) is 0 Å². The maximum atomic E-state index is 13.2. The maximum absolute atomic E-state index is 13.2. The van der Waals surface area contributed by atoms with Crippen molar-refractivity contribution in [3.05, 3.63) is 36.0 Å². The Balaban J connectivity index is 2.01. The summed E-state index contributed by atoms with van der Waals surface area (Å²) in [5.41, 5.74) is 1.96. The number of piperazine rings is 1. The minimum atomic E-state index is -1.28. The number of nitrogens with zero attached hydrogens (tertiary/aromatic N) is 1. The van der Waals surface area contributed by atoms with E-state index in [0.29, 0.717) is 6.42 Å². The zero-order valence-electron chi connectivity index (χ0n) is 14.3. The molecule has 134 valence electrons. The number of nitrogens with one attached hydrogen (secondary N) is 2. The molecule has 0 aliphatic carbocycles. The van der Waals surface area contributed by atoms with E-state index >= 15 is 0 Å². The molecule has 0 unspecified atom stereocenters. The fourth-order valence-corrected chi connectivity index (χ4v) is 4.80. The van der Waals surface area contributed by atoms with E-state index in [1.54, 1.807) is 13.3 Å². The molecule has 0 saturated carbocycles. The second kappa shape index (κ2) is 6.59. The molecule has 1 saturated heterocycles. The van der Waals surface area contributed by atoms with Gasteiger partial charge in [-0.15, -0.1) is 23.5 Å². The number of likely N-dealkylation sites (N-methyl/N-ethyl adjacent to an activating group) is 1. The molecule has 8 heteroatoms. The highest BCUT2D eigenvalue weighted by Crippen LogP contribution is 2.39. The van der Waals surface area contributed by atoms with Crippen LogP contribution in [-0.4, -0.2) is 62.7 Å². The summed E-state index contributed by atoms with van der Waals surface area (Å²) in [5, 5.41) is 13.7. The molecule has 1 aliphatic heterocycles. The predicted octanol–water partition coefficient (Wildman–Crippen LogP) is 1.41. The maximum Gasteiger partial charge on any atom is 0.260 e. The first kappa shape index (κ1) is 18.2. The summed E-state index contributed by atoms with van der Waals surface area (Å²) in [6.07, 6.45) is 5.77. The van der Waals surface area contributed by atoms with Gasteiger partial charge in [0.2, 0.25) is 0 Å². The van der Waals surface area contributed by atoms with Crippen molar-refractivity contribution in [3.8, 4) is 0 Å². The van der Waals surface area contributed by atoms with Crippen LogP contribution in [0.2, 0.25) is 0 Å². The molecule has 6 nitrogen and oxygen atoms in total. The predicted molar refractivity (Wildman–Crippen MR) is 102 cm³/mol. The van der Waals surface area contributed by atoms with Gasteiger partial charge in [-0.05, 0) is 24.1 Å². The Labute approximate surface area is 154 Å². The van der Waals surface area contributed by atoms with Crippen molar-refractivity contribution in [2.45, 2.75) is 16.2 Å². The largest absolute Gasteiger partial charge is 0.392 e. The van der Waals surface area contributed by atoms with Gasteiger partial charge in [-0.2, -0.15) is 0 Å². The summed E-state index contributed by atoms with van der Waals surface area (Å²) < 4.78 is 0. The molecule has 25 heavy (non-hydrogen) atoms. The number of aromatic nitrogens is 1. The van der Waals surface area contributed by atoms with E-state index in [-0.39, 0.29) is 11.8 Å². The molecule has 1 aliphatic rings. The zero-order chi connectivity index (χ0) is 18.2.